The number of nitrogens with zero attached hydrogens (tertiary/aromatic N) is 2. The molecule has 1 saturated heterocycles. The lowest BCUT2D eigenvalue weighted by atomic mass is 10.1. The minimum Gasteiger partial charge on any atom is -0.371 e. The van der Waals surface area contributed by atoms with Crippen LogP contribution in [-0.4, -0.2) is 18.0 Å². The number of benzene rings is 1. The van der Waals surface area contributed by atoms with Crippen molar-refractivity contribution in [2.45, 2.75) is 12.8 Å². The summed E-state index contributed by atoms with van der Waals surface area (Å²) < 4.78 is 2.17. The van der Waals surface area contributed by atoms with E-state index in [1.165, 1.54) is 29.8 Å². The highest BCUT2D eigenvalue weighted by Gasteiger charge is 2.17. The summed E-state index contributed by atoms with van der Waals surface area (Å²) in [7, 11) is 2.10. The molecule has 0 radical (unpaired) electrons. The monoisotopic (exact) mass is 265 g/mol. The van der Waals surface area contributed by atoms with Crippen LogP contribution >= 0.6 is 0 Å². The highest BCUT2D eigenvalue weighted by Crippen LogP contribution is 2.25. The lowest BCUT2D eigenvalue weighted by Gasteiger charge is -2.21. The topological polar surface area (TPSA) is 7.12 Å². The Labute approximate surface area is 121 Å². The Hall–Kier alpha value is -2.09. The molecule has 2 heteroatoms. The van der Waals surface area contributed by atoms with Gasteiger partial charge in [-0.3, -0.25) is 0 Å². The predicted octanol–water partition coefficient (Wildman–Crippen LogP) is 3.11. The van der Waals surface area contributed by atoms with E-state index < -0.39 is 0 Å². The van der Waals surface area contributed by atoms with Crippen molar-refractivity contribution < 1.29 is 4.57 Å². The molecular weight excluding hydrogens is 244 g/mol. The van der Waals surface area contributed by atoms with Crippen LogP contribution in [0.5, 0.6) is 0 Å². The van der Waals surface area contributed by atoms with Gasteiger partial charge < -0.3 is 4.90 Å². The maximum Gasteiger partial charge on any atom is 0.207 e. The molecule has 0 aliphatic carbocycles. The number of hydrogen-bond acceptors (Lipinski definition) is 1. The van der Waals surface area contributed by atoms with E-state index in [1.807, 2.05) is 0 Å². The van der Waals surface area contributed by atoms with Crippen molar-refractivity contribution in [2.75, 3.05) is 13.1 Å². The standard InChI is InChI=1S/C18H21N2/c1-19-12-6-5-11-17(19)15-18(20-13-7-8-14-20)16-9-3-2-4-10-16/h2-6,9-12,15H,7-8,13-14H2,1H3/q+1. The van der Waals surface area contributed by atoms with Gasteiger partial charge in [-0.05, 0) is 24.5 Å². The number of aryl methyl sites for hydroxylation is 1. The van der Waals surface area contributed by atoms with Gasteiger partial charge in [0.05, 0.1) is 5.70 Å². The third kappa shape index (κ3) is 2.74. The molecule has 1 aliphatic rings. The molecule has 0 atom stereocenters. The van der Waals surface area contributed by atoms with Crippen molar-refractivity contribution >= 4 is 11.8 Å². The highest BCUT2D eigenvalue weighted by atomic mass is 15.1. The van der Waals surface area contributed by atoms with Crippen LogP contribution < -0.4 is 4.57 Å². The molecule has 1 aromatic heterocycles. The second-order valence-electron chi connectivity index (χ2n) is 5.33. The molecule has 20 heavy (non-hydrogen) atoms. The Kier molecular flexibility index (Phi) is 3.82. The van der Waals surface area contributed by atoms with E-state index in [2.05, 4.69) is 77.3 Å². The fourth-order valence-corrected chi connectivity index (χ4v) is 2.75. The molecule has 0 N–H and O–H groups in total. The zero-order chi connectivity index (χ0) is 13.8. The molecule has 0 saturated carbocycles. The van der Waals surface area contributed by atoms with Crippen LogP contribution in [-0.2, 0) is 7.05 Å². The summed E-state index contributed by atoms with van der Waals surface area (Å²) in [4.78, 5) is 2.50. The molecule has 1 aliphatic heterocycles. The lowest BCUT2D eigenvalue weighted by molar-refractivity contribution is -0.673. The fourth-order valence-electron chi connectivity index (χ4n) is 2.75. The summed E-state index contributed by atoms with van der Waals surface area (Å²) in [6.07, 6.45) is 7.00. The summed E-state index contributed by atoms with van der Waals surface area (Å²) in [5, 5.41) is 0. The Morgan fingerprint density at radius 1 is 1.00 bits per heavy atom. The maximum atomic E-state index is 2.50. The van der Waals surface area contributed by atoms with Gasteiger partial charge in [0, 0.05) is 31.3 Å². The maximum absolute atomic E-state index is 2.50. The SMILES string of the molecule is C[n+]1ccccc1/C=C(\c1ccccc1)N1CCCC1. The second kappa shape index (κ2) is 5.91. The number of aromatic nitrogens is 1. The zero-order valence-corrected chi connectivity index (χ0v) is 12.0. The first-order valence-electron chi connectivity index (χ1n) is 7.31. The molecule has 0 amide bonds. The van der Waals surface area contributed by atoms with E-state index in [1.54, 1.807) is 0 Å². The van der Waals surface area contributed by atoms with Gasteiger partial charge in [-0.1, -0.05) is 30.3 Å². The first kappa shape index (κ1) is 12.9. The van der Waals surface area contributed by atoms with Crippen LogP contribution in [0.2, 0.25) is 0 Å². The third-order valence-corrected chi connectivity index (χ3v) is 3.90. The van der Waals surface area contributed by atoms with Crippen LogP contribution in [0.1, 0.15) is 24.1 Å². The van der Waals surface area contributed by atoms with Crippen molar-refractivity contribution in [1.29, 1.82) is 0 Å². The van der Waals surface area contributed by atoms with E-state index in [9.17, 15) is 0 Å². The molecule has 2 heterocycles. The molecule has 0 unspecified atom stereocenters. The van der Waals surface area contributed by atoms with E-state index in [-0.39, 0.29) is 0 Å². The van der Waals surface area contributed by atoms with E-state index in [0.29, 0.717) is 0 Å². The summed E-state index contributed by atoms with van der Waals surface area (Å²) in [6.45, 7) is 2.33. The average molecular weight is 265 g/mol. The Morgan fingerprint density at radius 3 is 2.40 bits per heavy atom. The van der Waals surface area contributed by atoms with Gasteiger partial charge in [0.25, 0.3) is 0 Å². The van der Waals surface area contributed by atoms with Crippen LogP contribution in [0.4, 0.5) is 0 Å². The zero-order valence-electron chi connectivity index (χ0n) is 12.0. The van der Waals surface area contributed by atoms with Crippen molar-refractivity contribution in [1.82, 2.24) is 4.90 Å². The molecule has 0 bridgehead atoms. The Balaban J connectivity index is 2.03. The second-order valence-corrected chi connectivity index (χ2v) is 5.33. The molecular formula is C18H21N2+. The normalized spacial score (nSPS) is 15.7. The van der Waals surface area contributed by atoms with Gasteiger partial charge in [-0.15, -0.1) is 0 Å². The molecule has 3 rings (SSSR count). The number of likely N-dealkylation sites (tertiary alicyclic amines) is 1. The van der Waals surface area contributed by atoms with Gasteiger partial charge in [-0.2, -0.15) is 0 Å². The third-order valence-electron chi connectivity index (χ3n) is 3.90. The summed E-state index contributed by atoms with van der Waals surface area (Å²) in [6, 6.07) is 17.0. The van der Waals surface area contributed by atoms with Gasteiger partial charge in [-0.25, -0.2) is 4.57 Å². The van der Waals surface area contributed by atoms with Gasteiger partial charge >= 0.3 is 0 Å². The quantitative estimate of drug-likeness (QED) is 0.774. The van der Waals surface area contributed by atoms with Gasteiger partial charge in [0.2, 0.25) is 5.69 Å². The molecule has 1 aromatic carbocycles. The summed E-state index contributed by atoms with van der Waals surface area (Å²) in [5.74, 6) is 0. The summed E-state index contributed by atoms with van der Waals surface area (Å²) >= 11 is 0. The van der Waals surface area contributed by atoms with E-state index in [4.69, 9.17) is 0 Å². The largest absolute Gasteiger partial charge is 0.371 e. The van der Waals surface area contributed by atoms with Crippen molar-refractivity contribution in [3.63, 3.8) is 0 Å². The van der Waals surface area contributed by atoms with E-state index >= 15 is 0 Å². The Morgan fingerprint density at radius 2 is 1.70 bits per heavy atom. The molecule has 2 nitrogen and oxygen atoms in total. The highest BCUT2D eigenvalue weighted by molar-refractivity contribution is 5.78. The van der Waals surface area contributed by atoms with Gasteiger partial charge in [0.1, 0.15) is 7.05 Å². The van der Waals surface area contributed by atoms with Crippen molar-refractivity contribution in [3.05, 3.63) is 66.0 Å². The van der Waals surface area contributed by atoms with Crippen LogP contribution in [0.3, 0.4) is 0 Å². The minimum absolute atomic E-state index is 1.16. The minimum atomic E-state index is 1.16. The lowest BCUT2D eigenvalue weighted by Crippen LogP contribution is -2.31. The molecule has 2 aromatic rings. The first-order valence-corrected chi connectivity index (χ1v) is 7.31. The molecule has 102 valence electrons. The van der Waals surface area contributed by atoms with Crippen LogP contribution in [0, 0.1) is 0 Å². The Bertz CT molecular complexity index is 596. The fraction of sp³-hybridized carbons (Fsp3) is 0.278. The van der Waals surface area contributed by atoms with E-state index in [0.717, 1.165) is 13.1 Å². The molecule has 1 fully saturated rings. The smallest absolute Gasteiger partial charge is 0.207 e. The average Bonchev–Trinajstić information content (AvgIpc) is 3.01. The summed E-state index contributed by atoms with van der Waals surface area (Å²) in [5.41, 5.74) is 3.88. The van der Waals surface area contributed by atoms with Crippen LogP contribution in [0.15, 0.2) is 54.7 Å². The number of pyridine rings is 1. The van der Waals surface area contributed by atoms with Crippen molar-refractivity contribution in [2.24, 2.45) is 7.05 Å². The number of rotatable bonds is 3. The van der Waals surface area contributed by atoms with Gasteiger partial charge in [0.15, 0.2) is 6.20 Å². The molecule has 0 spiro atoms. The van der Waals surface area contributed by atoms with Crippen molar-refractivity contribution in [3.8, 4) is 0 Å². The predicted molar refractivity (Wildman–Crippen MR) is 82.7 cm³/mol. The number of hydrogen-bond donors (Lipinski definition) is 0. The first-order chi connectivity index (χ1) is 9.84. The van der Waals surface area contributed by atoms with Crippen LogP contribution in [0.25, 0.3) is 11.8 Å².